The molecule has 2 rings (SSSR count). The predicted octanol–water partition coefficient (Wildman–Crippen LogP) is 3.51. The summed E-state index contributed by atoms with van der Waals surface area (Å²) in [5.74, 6) is -0.132. The fraction of sp³-hybridized carbons (Fsp3) is 0.300. The first kappa shape index (κ1) is 11.4. The molecule has 0 aliphatic heterocycles. The van der Waals surface area contributed by atoms with Crippen LogP contribution in [0, 0.1) is 12.7 Å². The standard InChI is InChI=1S/C10H8BrF3N2/c1-5-15-10-7(12)2-6(11)3-8(10)16(5)4-9(13)14/h2-3,9H,4H2,1H3. The molecular formula is C10H8BrF3N2. The molecule has 1 aromatic carbocycles. The second-order valence-corrected chi connectivity index (χ2v) is 4.33. The Labute approximate surface area is 98.2 Å². The van der Waals surface area contributed by atoms with Crippen LogP contribution < -0.4 is 0 Å². The van der Waals surface area contributed by atoms with Crippen molar-refractivity contribution in [1.82, 2.24) is 9.55 Å². The maximum atomic E-state index is 13.5. The second-order valence-electron chi connectivity index (χ2n) is 3.42. The molecule has 0 fully saturated rings. The Kier molecular flexibility index (Phi) is 2.92. The van der Waals surface area contributed by atoms with Crippen LogP contribution in [-0.2, 0) is 6.54 Å². The number of alkyl halides is 2. The van der Waals surface area contributed by atoms with Gasteiger partial charge in [0.15, 0.2) is 5.82 Å². The molecule has 1 heterocycles. The lowest BCUT2D eigenvalue weighted by atomic mass is 10.3. The number of benzene rings is 1. The summed E-state index contributed by atoms with van der Waals surface area (Å²) in [6, 6.07) is 2.85. The molecule has 0 aliphatic rings. The number of nitrogens with zero attached hydrogens (tertiary/aromatic N) is 2. The van der Waals surface area contributed by atoms with E-state index in [0.29, 0.717) is 15.8 Å². The lowest BCUT2D eigenvalue weighted by Gasteiger charge is -2.05. The van der Waals surface area contributed by atoms with Crippen molar-refractivity contribution in [2.45, 2.75) is 19.9 Å². The van der Waals surface area contributed by atoms with Crippen molar-refractivity contribution in [2.75, 3.05) is 0 Å². The fourth-order valence-electron chi connectivity index (χ4n) is 1.63. The summed E-state index contributed by atoms with van der Waals surface area (Å²) in [4.78, 5) is 3.94. The first-order chi connectivity index (χ1) is 7.49. The predicted molar refractivity (Wildman–Crippen MR) is 58.1 cm³/mol. The third kappa shape index (κ3) is 1.93. The molecule has 16 heavy (non-hydrogen) atoms. The van der Waals surface area contributed by atoms with Crippen LogP contribution in [0.5, 0.6) is 0 Å². The number of rotatable bonds is 2. The summed E-state index contributed by atoms with van der Waals surface area (Å²) in [5.41, 5.74) is 0.506. The largest absolute Gasteiger partial charge is 0.322 e. The van der Waals surface area contributed by atoms with Gasteiger partial charge in [-0.2, -0.15) is 0 Å². The van der Waals surface area contributed by atoms with E-state index in [2.05, 4.69) is 20.9 Å². The molecule has 2 aromatic rings. The first-order valence-electron chi connectivity index (χ1n) is 4.59. The zero-order valence-corrected chi connectivity index (χ0v) is 9.93. The van der Waals surface area contributed by atoms with Gasteiger partial charge in [0.25, 0.3) is 6.43 Å². The third-order valence-corrected chi connectivity index (χ3v) is 2.74. The van der Waals surface area contributed by atoms with E-state index >= 15 is 0 Å². The van der Waals surface area contributed by atoms with Crippen molar-refractivity contribution < 1.29 is 13.2 Å². The maximum absolute atomic E-state index is 13.5. The minimum absolute atomic E-state index is 0.126. The Hall–Kier alpha value is -1.04. The van der Waals surface area contributed by atoms with E-state index in [0.717, 1.165) is 0 Å². The van der Waals surface area contributed by atoms with Crippen LogP contribution in [0.3, 0.4) is 0 Å². The molecule has 0 saturated carbocycles. The quantitative estimate of drug-likeness (QED) is 0.828. The molecule has 0 atom stereocenters. The van der Waals surface area contributed by atoms with E-state index in [1.54, 1.807) is 13.0 Å². The number of aryl methyl sites for hydroxylation is 1. The van der Waals surface area contributed by atoms with Crippen LogP contribution in [0.15, 0.2) is 16.6 Å². The zero-order chi connectivity index (χ0) is 11.9. The molecule has 0 saturated heterocycles. The van der Waals surface area contributed by atoms with Crippen LogP contribution >= 0.6 is 15.9 Å². The van der Waals surface area contributed by atoms with Crippen molar-refractivity contribution in [3.8, 4) is 0 Å². The molecule has 0 spiro atoms. The monoisotopic (exact) mass is 292 g/mol. The molecule has 6 heteroatoms. The highest BCUT2D eigenvalue weighted by Gasteiger charge is 2.15. The smallest absolute Gasteiger partial charge is 0.256 e. The molecule has 0 bridgehead atoms. The average Bonchev–Trinajstić information content (AvgIpc) is 2.45. The average molecular weight is 293 g/mol. The number of imidazole rings is 1. The molecule has 0 aliphatic carbocycles. The lowest BCUT2D eigenvalue weighted by molar-refractivity contribution is 0.127. The van der Waals surface area contributed by atoms with Gasteiger partial charge in [-0.25, -0.2) is 18.2 Å². The van der Waals surface area contributed by atoms with Crippen LogP contribution in [0.4, 0.5) is 13.2 Å². The van der Waals surface area contributed by atoms with Gasteiger partial charge in [-0.15, -0.1) is 0 Å². The number of aromatic nitrogens is 2. The number of hydrogen-bond donors (Lipinski definition) is 0. The molecule has 0 amide bonds. The van der Waals surface area contributed by atoms with Crippen molar-refractivity contribution in [2.24, 2.45) is 0 Å². The normalized spacial score (nSPS) is 11.6. The van der Waals surface area contributed by atoms with Crippen molar-refractivity contribution >= 4 is 27.0 Å². The van der Waals surface area contributed by atoms with E-state index < -0.39 is 18.8 Å². The van der Waals surface area contributed by atoms with Gasteiger partial charge in [0.05, 0.1) is 12.1 Å². The fourth-order valence-corrected chi connectivity index (χ4v) is 2.05. The molecule has 1 aromatic heterocycles. The Morgan fingerprint density at radius 2 is 2.12 bits per heavy atom. The highest BCUT2D eigenvalue weighted by molar-refractivity contribution is 9.10. The SMILES string of the molecule is Cc1nc2c(F)cc(Br)cc2n1CC(F)F. The van der Waals surface area contributed by atoms with Gasteiger partial charge in [-0.05, 0) is 19.1 Å². The van der Waals surface area contributed by atoms with Crippen molar-refractivity contribution in [3.63, 3.8) is 0 Å². The molecule has 0 radical (unpaired) electrons. The Morgan fingerprint density at radius 3 is 2.75 bits per heavy atom. The van der Waals surface area contributed by atoms with Gasteiger partial charge < -0.3 is 4.57 Å². The van der Waals surface area contributed by atoms with E-state index in [4.69, 9.17) is 0 Å². The summed E-state index contributed by atoms with van der Waals surface area (Å²) in [6.07, 6.45) is -2.49. The first-order valence-corrected chi connectivity index (χ1v) is 5.38. The number of halogens is 4. The van der Waals surface area contributed by atoms with Crippen LogP contribution in [-0.4, -0.2) is 16.0 Å². The highest BCUT2D eigenvalue weighted by atomic mass is 79.9. The molecule has 0 N–H and O–H groups in total. The van der Waals surface area contributed by atoms with Gasteiger partial charge >= 0.3 is 0 Å². The highest BCUT2D eigenvalue weighted by Crippen LogP contribution is 2.24. The van der Waals surface area contributed by atoms with Crippen molar-refractivity contribution in [1.29, 1.82) is 0 Å². The van der Waals surface area contributed by atoms with Crippen LogP contribution in [0.1, 0.15) is 5.82 Å². The van der Waals surface area contributed by atoms with Gasteiger partial charge in [0, 0.05) is 4.47 Å². The Balaban J connectivity index is 2.68. The van der Waals surface area contributed by atoms with Gasteiger partial charge in [0.1, 0.15) is 11.3 Å². The van der Waals surface area contributed by atoms with E-state index in [1.165, 1.54) is 10.6 Å². The summed E-state index contributed by atoms with van der Waals surface area (Å²) in [6.45, 7) is 1.11. The molecule has 86 valence electrons. The minimum atomic E-state index is -2.49. The minimum Gasteiger partial charge on any atom is -0.322 e. The summed E-state index contributed by atoms with van der Waals surface area (Å²) < 4.78 is 40.0. The van der Waals surface area contributed by atoms with E-state index in [9.17, 15) is 13.2 Å². The van der Waals surface area contributed by atoms with Crippen molar-refractivity contribution in [3.05, 3.63) is 28.2 Å². The van der Waals surface area contributed by atoms with Gasteiger partial charge in [-0.1, -0.05) is 15.9 Å². The molecule has 2 nitrogen and oxygen atoms in total. The van der Waals surface area contributed by atoms with E-state index in [-0.39, 0.29) is 5.52 Å². The van der Waals surface area contributed by atoms with Gasteiger partial charge in [-0.3, -0.25) is 0 Å². The maximum Gasteiger partial charge on any atom is 0.256 e. The topological polar surface area (TPSA) is 17.8 Å². The Morgan fingerprint density at radius 1 is 1.44 bits per heavy atom. The Bertz CT molecular complexity index is 536. The third-order valence-electron chi connectivity index (χ3n) is 2.28. The number of fused-ring (bicyclic) bond motifs is 1. The summed E-state index contributed by atoms with van der Waals surface area (Å²) in [5, 5.41) is 0. The van der Waals surface area contributed by atoms with Crippen LogP contribution in [0.25, 0.3) is 11.0 Å². The van der Waals surface area contributed by atoms with E-state index in [1.807, 2.05) is 0 Å². The summed E-state index contributed by atoms with van der Waals surface area (Å²) >= 11 is 3.12. The number of hydrogen-bond acceptors (Lipinski definition) is 1. The molecule has 0 unspecified atom stereocenters. The van der Waals surface area contributed by atoms with Gasteiger partial charge in [0.2, 0.25) is 0 Å². The van der Waals surface area contributed by atoms with Crippen LogP contribution in [0.2, 0.25) is 0 Å². The molecular weight excluding hydrogens is 285 g/mol. The lowest BCUT2D eigenvalue weighted by Crippen LogP contribution is -2.08. The second kappa shape index (κ2) is 4.08. The zero-order valence-electron chi connectivity index (χ0n) is 8.35. The summed E-state index contributed by atoms with van der Waals surface area (Å²) in [7, 11) is 0.